The van der Waals surface area contributed by atoms with E-state index in [1.807, 2.05) is 12.1 Å². The lowest BCUT2D eigenvalue weighted by Gasteiger charge is -2.26. The summed E-state index contributed by atoms with van der Waals surface area (Å²) in [7, 11) is 0. The van der Waals surface area contributed by atoms with Gasteiger partial charge in [0.25, 0.3) is 0 Å². The molecule has 1 saturated carbocycles. The van der Waals surface area contributed by atoms with Crippen molar-refractivity contribution in [1.82, 2.24) is 15.5 Å². The van der Waals surface area contributed by atoms with Gasteiger partial charge in [0.05, 0.1) is 19.5 Å². The molecule has 1 saturated heterocycles. The largest absolute Gasteiger partial charge is 0.469 e. The van der Waals surface area contributed by atoms with E-state index in [0.29, 0.717) is 5.41 Å². The number of rotatable bonds is 12. The summed E-state index contributed by atoms with van der Waals surface area (Å²) in [5.41, 5.74) is 0.356. The van der Waals surface area contributed by atoms with E-state index in [2.05, 4.69) is 22.5 Å². The maximum absolute atomic E-state index is 5.55. The summed E-state index contributed by atoms with van der Waals surface area (Å²) >= 11 is 0. The van der Waals surface area contributed by atoms with Crippen molar-refractivity contribution in [3.8, 4) is 0 Å². The van der Waals surface area contributed by atoms with Crippen LogP contribution in [0.5, 0.6) is 0 Å². The molecule has 3 rings (SSSR count). The predicted octanol–water partition coefficient (Wildman–Crippen LogP) is 1.90. The molecule has 0 bridgehead atoms. The molecular weight excluding hydrogens is 356 g/mol. The summed E-state index contributed by atoms with van der Waals surface area (Å²) in [6.07, 6.45) is 6.21. The lowest BCUT2D eigenvalue weighted by atomic mass is 10.0. The van der Waals surface area contributed by atoms with Gasteiger partial charge in [-0.25, -0.2) is 0 Å². The van der Waals surface area contributed by atoms with Crippen molar-refractivity contribution in [1.29, 1.82) is 0 Å². The van der Waals surface area contributed by atoms with Gasteiger partial charge < -0.3 is 24.5 Å². The van der Waals surface area contributed by atoms with Crippen LogP contribution in [0.1, 0.15) is 31.9 Å². The predicted molar refractivity (Wildman–Crippen MR) is 111 cm³/mol. The van der Waals surface area contributed by atoms with E-state index in [0.717, 1.165) is 90.3 Å². The minimum Gasteiger partial charge on any atom is -0.469 e. The van der Waals surface area contributed by atoms with Crippen molar-refractivity contribution in [2.75, 3.05) is 65.7 Å². The van der Waals surface area contributed by atoms with Gasteiger partial charge >= 0.3 is 0 Å². The molecule has 2 fully saturated rings. The minimum absolute atomic E-state index is 0.356. The molecule has 2 heterocycles. The van der Waals surface area contributed by atoms with E-state index in [-0.39, 0.29) is 0 Å². The Labute approximate surface area is 168 Å². The molecule has 1 aromatic rings. The molecule has 1 aromatic heterocycles. The van der Waals surface area contributed by atoms with Crippen molar-refractivity contribution < 1.29 is 13.9 Å². The molecule has 1 aliphatic heterocycles. The molecule has 1 aliphatic carbocycles. The number of nitrogens with one attached hydrogen (secondary N) is 2. The number of guanidine groups is 1. The molecule has 7 heteroatoms. The van der Waals surface area contributed by atoms with Gasteiger partial charge in [-0.15, -0.1) is 0 Å². The normalized spacial score (nSPS) is 19.5. The van der Waals surface area contributed by atoms with Crippen molar-refractivity contribution in [2.45, 2.75) is 32.6 Å². The number of aliphatic imine (C=N–C) groups is 1. The van der Waals surface area contributed by atoms with Gasteiger partial charge in [0.15, 0.2) is 5.96 Å². The van der Waals surface area contributed by atoms with Gasteiger partial charge in [-0.2, -0.15) is 0 Å². The highest BCUT2D eigenvalue weighted by Gasteiger charge is 2.41. The molecule has 0 radical (unpaired) electrons. The van der Waals surface area contributed by atoms with Crippen LogP contribution in [0.4, 0.5) is 0 Å². The molecule has 0 aromatic carbocycles. The van der Waals surface area contributed by atoms with Gasteiger partial charge in [0.2, 0.25) is 0 Å². The third-order valence-electron chi connectivity index (χ3n) is 5.58. The summed E-state index contributed by atoms with van der Waals surface area (Å²) in [6.45, 7) is 11.0. The Balaban J connectivity index is 1.44. The topological polar surface area (TPSA) is 71.3 Å². The first-order chi connectivity index (χ1) is 13.8. The Kier molecular flexibility index (Phi) is 8.64. The van der Waals surface area contributed by atoms with Gasteiger partial charge in [-0.3, -0.25) is 9.89 Å². The molecule has 28 heavy (non-hydrogen) atoms. The molecular formula is C21H36N4O3. The van der Waals surface area contributed by atoms with Crippen molar-refractivity contribution in [2.24, 2.45) is 10.4 Å². The molecule has 0 amide bonds. The zero-order chi connectivity index (χ0) is 19.5. The second kappa shape index (κ2) is 11.4. The summed E-state index contributed by atoms with van der Waals surface area (Å²) in [6, 6.07) is 3.94. The van der Waals surface area contributed by atoms with Crippen LogP contribution >= 0.6 is 0 Å². The quantitative estimate of drug-likeness (QED) is 0.322. The summed E-state index contributed by atoms with van der Waals surface area (Å²) in [4.78, 5) is 7.34. The van der Waals surface area contributed by atoms with Crippen LogP contribution < -0.4 is 10.6 Å². The molecule has 0 atom stereocenters. The summed E-state index contributed by atoms with van der Waals surface area (Å²) in [5, 5.41) is 6.98. The van der Waals surface area contributed by atoms with Crippen LogP contribution in [0.3, 0.4) is 0 Å². The average molecular weight is 393 g/mol. The number of nitrogens with zero attached hydrogens (tertiary/aromatic N) is 2. The second-order valence-electron chi connectivity index (χ2n) is 7.75. The molecule has 2 N–H and O–H groups in total. The molecule has 0 spiro atoms. The molecule has 7 nitrogen and oxygen atoms in total. The minimum atomic E-state index is 0.356. The average Bonchev–Trinajstić information content (AvgIpc) is 3.29. The Hall–Kier alpha value is -1.57. The SMILES string of the molecule is CCOCCC1(CN=C(NCCc2ccco2)NCCN2CCOCC2)CC1. The third kappa shape index (κ3) is 7.45. The van der Waals surface area contributed by atoms with E-state index < -0.39 is 0 Å². The van der Waals surface area contributed by atoms with Crippen molar-refractivity contribution >= 4 is 5.96 Å². The number of furan rings is 1. The van der Waals surface area contributed by atoms with Crippen LogP contribution in [-0.4, -0.2) is 76.6 Å². The van der Waals surface area contributed by atoms with E-state index in [4.69, 9.17) is 18.9 Å². The third-order valence-corrected chi connectivity index (χ3v) is 5.58. The van der Waals surface area contributed by atoms with Crippen LogP contribution in [0.25, 0.3) is 0 Å². The Morgan fingerprint density at radius 1 is 1.25 bits per heavy atom. The zero-order valence-electron chi connectivity index (χ0n) is 17.3. The fourth-order valence-corrected chi connectivity index (χ4v) is 3.43. The monoisotopic (exact) mass is 392 g/mol. The van der Waals surface area contributed by atoms with E-state index in [1.54, 1.807) is 6.26 Å². The maximum Gasteiger partial charge on any atom is 0.191 e. The first-order valence-corrected chi connectivity index (χ1v) is 10.7. The van der Waals surface area contributed by atoms with Gasteiger partial charge in [0.1, 0.15) is 5.76 Å². The molecule has 158 valence electrons. The van der Waals surface area contributed by atoms with E-state index in [1.165, 1.54) is 12.8 Å². The highest BCUT2D eigenvalue weighted by atomic mass is 16.5. The molecule has 2 aliphatic rings. The number of hydrogen-bond donors (Lipinski definition) is 2. The summed E-state index contributed by atoms with van der Waals surface area (Å²) in [5.74, 6) is 1.90. The number of morpholine rings is 1. The van der Waals surface area contributed by atoms with Gasteiger partial charge in [-0.05, 0) is 43.7 Å². The Morgan fingerprint density at radius 3 is 2.79 bits per heavy atom. The highest BCUT2D eigenvalue weighted by molar-refractivity contribution is 5.79. The lowest BCUT2D eigenvalue weighted by Crippen LogP contribution is -2.45. The Bertz CT molecular complexity index is 566. The van der Waals surface area contributed by atoms with Gasteiger partial charge in [0, 0.05) is 58.9 Å². The van der Waals surface area contributed by atoms with Crippen LogP contribution in [-0.2, 0) is 15.9 Å². The standard InChI is InChI=1S/C21H36N4O3/c1-2-26-15-8-21(6-7-21)18-24-20(22-9-5-19-4-3-14-28-19)23-10-11-25-12-16-27-17-13-25/h3-4,14H,2,5-13,15-18H2,1H3,(H2,22,23,24). The van der Waals surface area contributed by atoms with Gasteiger partial charge in [-0.1, -0.05) is 0 Å². The summed E-state index contributed by atoms with van der Waals surface area (Å²) < 4.78 is 16.4. The van der Waals surface area contributed by atoms with Crippen LogP contribution in [0.2, 0.25) is 0 Å². The van der Waals surface area contributed by atoms with Crippen molar-refractivity contribution in [3.63, 3.8) is 0 Å². The number of ether oxygens (including phenoxy) is 2. The van der Waals surface area contributed by atoms with Crippen LogP contribution in [0, 0.1) is 5.41 Å². The fourth-order valence-electron chi connectivity index (χ4n) is 3.43. The second-order valence-corrected chi connectivity index (χ2v) is 7.75. The van der Waals surface area contributed by atoms with E-state index >= 15 is 0 Å². The van der Waals surface area contributed by atoms with E-state index in [9.17, 15) is 0 Å². The smallest absolute Gasteiger partial charge is 0.191 e. The highest BCUT2D eigenvalue weighted by Crippen LogP contribution is 2.48. The van der Waals surface area contributed by atoms with Crippen molar-refractivity contribution in [3.05, 3.63) is 24.2 Å². The maximum atomic E-state index is 5.55. The molecule has 0 unspecified atom stereocenters. The van der Waals surface area contributed by atoms with Crippen LogP contribution in [0.15, 0.2) is 27.8 Å². The first-order valence-electron chi connectivity index (χ1n) is 10.7. The zero-order valence-corrected chi connectivity index (χ0v) is 17.3. The number of hydrogen-bond acceptors (Lipinski definition) is 5. The lowest BCUT2D eigenvalue weighted by molar-refractivity contribution is 0.0389. The fraction of sp³-hybridized carbons (Fsp3) is 0.762. The first kappa shape index (κ1) is 21.1. The Morgan fingerprint density at radius 2 is 2.07 bits per heavy atom.